The minimum absolute atomic E-state index is 0.455. The highest BCUT2D eigenvalue weighted by Gasteiger charge is 2.15. The number of hydrogen-bond donors (Lipinski definition) is 0. The van der Waals surface area contributed by atoms with Crippen LogP contribution in [0.3, 0.4) is 0 Å². The van der Waals surface area contributed by atoms with Crippen LogP contribution >= 0.6 is 11.9 Å². The van der Waals surface area contributed by atoms with Crippen molar-refractivity contribution in [2.45, 2.75) is 5.25 Å². The molecule has 0 radical (unpaired) electrons. The molecule has 3 heteroatoms. The Labute approximate surface area is 69.9 Å². The first-order valence-electron chi connectivity index (χ1n) is 3.54. The number of rotatable bonds is 1. The first-order chi connectivity index (χ1) is 5.47. The quantitative estimate of drug-likeness (QED) is 0.586. The second-order valence-electron chi connectivity index (χ2n) is 2.41. The van der Waals surface area contributed by atoms with Crippen molar-refractivity contribution in [3.63, 3.8) is 0 Å². The van der Waals surface area contributed by atoms with E-state index in [1.807, 2.05) is 18.2 Å². The van der Waals surface area contributed by atoms with Gasteiger partial charge in [0.2, 0.25) is 0 Å². The van der Waals surface area contributed by atoms with Crippen molar-refractivity contribution in [1.82, 2.24) is 0 Å². The van der Waals surface area contributed by atoms with Crippen molar-refractivity contribution in [3.05, 3.63) is 35.9 Å². The molecule has 1 aliphatic rings. The van der Waals surface area contributed by atoms with Crippen LogP contribution in [0.25, 0.3) is 0 Å². The van der Waals surface area contributed by atoms with Gasteiger partial charge in [-0.15, -0.1) is 4.52 Å². The summed E-state index contributed by atoms with van der Waals surface area (Å²) < 4.78 is 3.88. The van der Waals surface area contributed by atoms with E-state index in [1.54, 1.807) is 11.9 Å². The molecule has 1 unspecified atom stereocenters. The van der Waals surface area contributed by atoms with Crippen molar-refractivity contribution in [3.8, 4) is 0 Å². The molecule has 1 heterocycles. The lowest BCUT2D eigenvalue weighted by atomic mass is 10.1. The molecule has 2 rings (SSSR count). The fraction of sp³-hybridized carbons (Fsp3) is 0.250. The van der Waals surface area contributed by atoms with Crippen LogP contribution in [0.2, 0.25) is 0 Å². The van der Waals surface area contributed by atoms with E-state index in [9.17, 15) is 0 Å². The maximum absolute atomic E-state index is 3.93. The molecule has 0 N–H and O–H groups in total. The lowest BCUT2D eigenvalue weighted by Crippen LogP contribution is -1.91. The molecule has 0 aliphatic carbocycles. The van der Waals surface area contributed by atoms with Gasteiger partial charge < -0.3 is 0 Å². The average Bonchev–Trinajstić information content (AvgIpc) is 2.58. The van der Waals surface area contributed by atoms with Gasteiger partial charge in [0.15, 0.2) is 0 Å². The van der Waals surface area contributed by atoms with E-state index in [0.29, 0.717) is 5.25 Å². The molecule has 0 bridgehead atoms. The fourth-order valence-electron chi connectivity index (χ4n) is 1.07. The monoisotopic (exact) mass is 164 g/mol. The Morgan fingerprint density at radius 1 is 1.27 bits per heavy atom. The fourth-order valence-corrected chi connectivity index (χ4v) is 1.72. The van der Waals surface area contributed by atoms with Crippen LogP contribution in [-0.4, -0.2) is 6.54 Å². The van der Waals surface area contributed by atoms with Gasteiger partial charge in [-0.3, -0.25) is 0 Å². The zero-order chi connectivity index (χ0) is 7.52. The zero-order valence-corrected chi connectivity index (χ0v) is 6.79. The van der Waals surface area contributed by atoms with Gasteiger partial charge in [0, 0.05) is 11.9 Å². The highest BCUT2D eigenvalue weighted by Crippen LogP contribution is 2.34. The van der Waals surface area contributed by atoms with Crippen molar-refractivity contribution in [1.29, 1.82) is 0 Å². The molecule has 0 saturated heterocycles. The Hall–Kier alpha value is -0.830. The lowest BCUT2D eigenvalue weighted by Gasteiger charge is -2.03. The van der Waals surface area contributed by atoms with Crippen LogP contribution in [0.5, 0.6) is 0 Å². The van der Waals surface area contributed by atoms with Crippen LogP contribution in [0.1, 0.15) is 10.8 Å². The van der Waals surface area contributed by atoms with Crippen molar-refractivity contribution < 1.29 is 0 Å². The summed E-state index contributed by atoms with van der Waals surface area (Å²) in [6, 6.07) is 10.4. The minimum atomic E-state index is 0.455. The molecule has 1 atom stereocenters. The standard InChI is InChI=1S/C8H8N2S/c1-2-4-7(5-3-1)8-6-9-10-11-8/h1-5,8H,6H2. The van der Waals surface area contributed by atoms with E-state index in [2.05, 4.69) is 21.8 Å². The Bertz CT molecular complexity index is 250. The Kier molecular flexibility index (Phi) is 1.90. The number of nitrogens with zero attached hydrogens (tertiary/aromatic N) is 2. The molecule has 56 valence electrons. The van der Waals surface area contributed by atoms with E-state index in [4.69, 9.17) is 0 Å². The summed E-state index contributed by atoms with van der Waals surface area (Å²) in [6.45, 7) is 0.828. The summed E-state index contributed by atoms with van der Waals surface area (Å²) in [6.07, 6.45) is 0. The predicted molar refractivity (Wildman–Crippen MR) is 46.5 cm³/mol. The highest BCUT2D eigenvalue weighted by molar-refractivity contribution is 7.98. The molecule has 0 amide bonds. The molecular weight excluding hydrogens is 156 g/mol. The van der Waals surface area contributed by atoms with Gasteiger partial charge in [0.05, 0.1) is 11.8 Å². The molecular formula is C8H8N2S. The maximum atomic E-state index is 3.93. The van der Waals surface area contributed by atoms with Gasteiger partial charge in [-0.2, -0.15) is 5.11 Å². The van der Waals surface area contributed by atoms with Gasteiger partial charge in [0.25, 0.3) is 0 Å². The topological polar surface area (TPSA) is 24.7 Å². The average molecular weight is 164 g/mol. The molecule has 1 aliphatic heterocycles. The molecule has 1 aromatic rings. The third-order valence-electron chi connectivity index (χ3n) is 1.65. The Balaban J connectivity index is 2.17. The first kappa shape index (κ1) is 6.85. The normalized spacial score (nSPS) is 22.4. The first-order valence-corrected chi connectivity index (χ1v) is 4.38. The summed E-state index contributed by atoms with van der Waals surface area (Å²) in [5, 5.41) is 4.38. The van der Waals surface area contributed by atoms with Gasteiger partial charge in [-0.1, -0.05) is 30.3 Å². The van der Waals surface area contributed by atoms with Crippen molar-refractivity contribution >= 4 is 11.9 Å². The third-order valence-corrected chi connectivity index (χ3v) is 2.54. The van der Waals surface area contributed by atoms with Gasteiger partial charge in [-0.25, -0.2) is 0 Å². The predicted octanol–water partition coefficient (Wildman–Crippen LogP) is 2.84. The van der Waals surface area contributed by atoms with Crippen molar-refractivity contribution in [2.75, 3.05) is 6.54 Å². The largest absolute Gasteiger partial charge is 0.180 e. The van der Waals surface area contributed by atoms with Crippen molar-refractivity contribution in [2.24, 2.45) is 9.63 Å². The third kappa shape index (κ3) is 1.43. The molecule has 11 heavy (non-hydrogen) atoms. The Morgan fingerprint density at radius 2 is 2.09 bits per heavy atom. The van der Waals surface area contributed by atoms with E-state index in [-0.39, 0.29) is 0 Å². The van der Waals surface area contributed by atoms with E-state index < -0.39 is 0 Å². The molecule has 0 fully saturated rings. The second-order valence-corrected chi connectivity index (χ2v) is 3.35. The number of hydrogen-bond acceptors (Lipinski definition) is 3. The van der Waals surface area contributed by atoms with Crippen LogP contribution in [-0.2, 0) is 0 Å². The Morgan fingerprint density at radius 3 is 2.73 bits per heavy atom. The summed E-state index contributed by atoms with van der Waals surface area (Å²) in [7, 11) is 0. The highest BCUT2D eigenvalue weighted by atomic mass is 32.2. The van der Waals surface area contributed by atoms with E-state index in [1.165, 1.54) is 5.56 Å². The molecule has 1 aromatic carbocycles. The molecule has 0 spiro atoms. The van der Waals surface area contributed by atoms with Crippen LogP contribution in [0.15, 0.2) is 40.0 Å². The van der Waals surface area contributed by atoms with Crippen LogP contribution in [0, 0.1) is 0 Å². The van der Waals surface area contributed by atoms with E-state index >= 15 is 0 Å². The lowest BCUT2D eigenvalue weighted by molar-refractivity contribution is 0.943. The molecule has 2 nitrogen and oxygen atoms in total. The van der Waals surface area contributed by atoms with Crippen LogP contribution < -0.4 is 0 Å². The summed E-state index contributed by atoms with van der Waals surface area (Å²) in [5.74, 6) is 0. The van der Waals surface area contributed by atoms with Crippen LogP contribution in [0.4, 0.5) is 0 Å². The molecule has 0 saturated carbocycles. The second kappa shape index (κ2) is 3.05. The summed E-state index contributed by atoms with van der Waals surface area (Å²) in [5.41, 5.74) is 1.32. The van der Waals surface area contributed by atoms with Gasteiger partial charge in [0.1, 0.15) is 0 Å². The molecule has 0 aromatic heterocycles. The summed E-state index contributed by atoms with van der Waals surface area (Å²) >= 11 is 1.55. The maximum Gasteiger partial charge on any atom is 0.0788 e. The summed E-state index contributed by atoms with van der Waals surface area (Å²) in [4.78, 5) is 0. The minimum Gasteiger partial charge on any atom is -0.180 e. The number of benzene rings is 1. The van der Waals surface area contributed by atoms with Gasteiger partial charge in [-0.05, 0) is 5.56 Å². The zero-order valence-electron chi connectivity index (χ0n) is 5.97. The smallest absolute Gasteiger partial charge is 0.0788 e. The van der Waals surface area contributed by atoms with E-state index in [0.717, 1.165) is 6.54 Å². The van der Waals surface area contributed by atoms with Gasteiger partial charge >= 0.3 is 0 Å². The SMILES string of the molecule is c1ccc(C2CN=NS2)cc1.